The quantitative estimate of drug-likeness (QED) is 0.738. The van der Waals surface area contributed by atoms with Gasteiger partial charge in [0.1, 0.15) is 5.76 Å². The lowest BCUT2D eigenvalue weighted by molar-refractivity contribution is 0.0759. The molecule has 0 spiro atoms. The first kappa shape index (κ1) is 18.0. The molecule has 1 saturated carbocycles. The van der Waals surface area contributed by atoms with E-state index in [0.717, 1.165) is 28.9 Å². The van der Waals surface area contributed by atoms with Crippen molar-refractivity contribution in [3.63, 3.8) is 0 Å². The number of hydrogen-bond acceptors (Lipinski definition) is 2. The van der Waals surface area contributed by atoms with E-state index in [1.165, 1.54) is 24.8 Å². The SMILES string of the molecule is C#Cc1cc(C#C)cc(C2=C[C@]34CCCC[C@H]3[C@@]2(N(C)C)C=C4OCC)c1. The predicted octanol–water partition coefficient (Wildman–Crippen LogP) is 4.46. The maximum Gasteiger partial charge on any atom is 0.104 e. The summed E-state index contributed by atoms with van der Waals surface area (Å²) < 4.78 is 6.17. The van der Waals surface area contributed by atoms with Crippen LogP contribution in [0.25, 0.3) is 5.57 Å². The molecule has 0 heterocycles. The van der Waals surface area contributed by atoms with Gasteiger partial charge in [-0.05, 0) is 69.3 Å². The molecule has 0 amide bonds. The van der Waals surface area contributed by atoms with Gasteiger partial charge in [-0.1, -0.05) is 30.8 Å². The maximum atomic E-state index is 6.17. The Bertz CT molecular complexity index is 890. The molecule has 0 unspecified atom stereocenters. The van der Waals surface area contributed by atoms with Crippen LogP contribution in [0, 0.1) is 36.0 Å². The Labute approximate surface area is 163 Å². The molecule has 1 aromatic rings. The van der Waals surface area contributed by atoms with Crippen LogP contribution in [-0.4, -0.2) is 31.1 Å². The lowest BCUT2D eigenvalue weighted by Gasteiger charge is -2.43. The third-order valence-electron chi connectivity index (χ3n) is 6.75. The highest BCUT2D eigenvalue weighted by Crippen LogP contribution is 2.67. The number of terminal acetylenes is 2. The summed E-state index contributed by atoms with van der Waals surface area (Å²) in [5.41, 5.74) is 4.00. The number of hydrogen-bond donors (Lipinski definition) is 0. The highest BCUT2D eigenvalue weighted by Gasteiger charge is 2.65. The van der Waals surface area contributed by atoms with Gasteiger partial charge in [-0.3, -0.25) is 4.90 Å². The van der Waals surface area contributed by atoms with Gasteiger partial charge in [0.2, 0.25) is 0 Å². The second-order valence-electron chi connectivity index (χ2n) is 8.15. The van der Waals surface area contributed by atoms with E-state index in [1.807, 2.05) is 6.07 Å². The molecule has 0 saturated heterocycles. The van der Waals surface area contributed by atoms with Gasteiger partial charge >= 0.3 is 0 Å². The van der Waals surface area contributed by atoms with E-state index in [4.69, 9.17) is 17.6 Å². The van der Waals surface area contributed by atoms with Crippen molar-refractivity contribution in [2.24, 2.45) is 11.3 Å². The van der Waals surface area contributed by atoms with Gasteiger partial charge < -0.3 is 4.74 Å². The number of rotatable bonds is 4. The Morgan fingerprint density at radius 2 is 1.81 bits per heavy atom. The molecule has 0 aliphatic heterocycles. The van der Waals surface area contributed by atoms with Crippen LogP contribution in [-0.2, 0) is 4.74 Å². The molecule has 27 heavy (non-hydrogen) atoms. The predicted molar refractivity (Wildman–Crippen MR) is 111 cm³/mol. The third-order valence-corrected chi connectivity index (χ3v) is 6.75. The number of ether oxygens (including phenoxy) is 1. The molecule has 2 bridgehead atoms. The average Bonchev–Trinajstić information content (AvgIpc) is 3.15. The molecule has 3 aliphatic carbocycles. The number of likely N-dealkylation sites (N-methyl/N-ethyl adjacent to an activating group) is 1. The van der Waals surface area contributed by atoms with Gasteiger partial charge in [0, 0.05) is 17.0 Å². The molecule has 1 aromatic carbocycles. The minimum Gasteiger partial charge on any atom is -0.498 e. The van der Waals surface area contributed by atoms with Gasteiger partial charge in [-0.25, -0.2) is 0 Å². The number of nitrogens with zero attached hydrogens (tertiary/aromatic N) is 1. The van der Waals surface area contributed by atoms with Crippen LogP contribution in [0.15, 0.2) is 36.1 Å². The van der Waals surface area contributed by atoms with Crippen molar-refractivity contribution in [3.05, 3.63) is 52.8 Å². The topological polar surface area (TPSA) is 12.5 Å². The van der Waals surface area contributed by atoms with E-state index in [9.17, 15) is 0 Å². The molecule has 4 rings (SSSR count). The molecular weight excluding hydrogens is 330 g/mol. The molecule has 1 fully saturated rings. The summed E-state index contributed by atoms with van der Waals surface area (Å²) in [4.78, 5) is 2.36. The smallest absolute Gasteiger partial charge is 0.104 e. The first-order valence-corrected chi connectivity index (χ1v) is 9.87. The first-order chi connectivity index (χ1) is 13.0. The van der Waals surface area contributed by atoms with Crippen LogP contribution in [0.2, 0.25) is 0 Å². The Morgan fingerprint density at radius 3 is 2.41 bits per heavy atom. The summed E-state index contributed by atoms with van der Waals surface area (Å²) in [7, 11) is 4.36. The van der Waals surface area contributed by atoms with Gasteiger partial charge in [0.15, 0.2) is 0 Å². The normalized spacial score (nSPS) is 31.0. The largest absolute Gasteiger partial charge is 0.498 e. The van der Waals surface area contributed by atoms with Crippen molar-refractivity contribution < 1.29 is 4.74 Å². The van der Waals surface area contributed by atoms with Crippen molar-refractivity contribution in [2.75, 3.05) is 20.7 Å². The summed E-state index contributed by atoms with van der Waals surface area (Å²) in [6.45, 7) is 2.78. The third kappa shape index (κ3) is 2.33. The van der Waals surface area contributed by atoms with Crippen LogP contribution in [0.3, 0.4) is 0 Å². The molecule has 0 N–H and O–H groups in total. The fraction of sp³-hybridized carbons (Fsp3) is 0.440. The molecule has 0 radical (unpaired) electrons. The van der Waals surface area contributed by atoms with Gasteiger partial charge in [0.05, 0.1) is 17.6 Å². The number of benzene rings is 1. The zero-order valence-electron chi connectivity index (χ0n) is 16.5. The minimum absolute atomic E-state index is 0.0102. The summed E-state index contributed by atoms with van der Waals surface area (Å²) in [6, 6.07) is 6.12. The minimum atomic E-state index is -0.163. The maximum absolute atomic E-state index is 6.17. The Kier molecular flexibility index (Phi) is 4.21. The summed E-state index contributed by atoms with van der Waals surface area (Å²) in [6.07, 6.45) is 21.2. The fourth-order valence-corrected chi connectivity index (χ4v) is 5.70. The monoisotopic (exact) mass is 357 g/mol. The second kappa shape index (κ2) is 6.33. The van der Waals surface area contributed by atoms with Gasteiger partial charge in [0.25, 0.3) is 0 Å². The van der Waals surface area contributed by atoms with Crippen LogP contribution in [0.4, 0.5) is 0 Å². The highest BCUT2D eigenvalue weighted by atomic mass is 16.5. The van der Waals surface area contributed by atoms with Crippen LogP contribution in [0.1, 0.15) is 49.3 Å². The van der Waals surface area contributed by atoms with Crippen LogP contribution in [0.5, 0.6) is 0 Å². The lowest BCUT2D eigenvalue weighted by Crippen LogP contribution is -2.48. The summed E-state index contributed by atoms with van der Waals surface area (Å²) >= 11 is 0. The van der Waals surface area contributed by atoms with Crippen molar-refractivity contribution in [1.29, 1.82) is 0 Å². The summed E-state index contributed by atoms with van der Waals surface area (Å²) in [5.74, 6) is 7.20. The highest BCUT2D eigenvalue weighted by molar-refractivity contribution is 5.84. The Morgan fingerprint density at radius 1 is 1.11 bits per heavy atom. The molecule has 3 aliphatic rings. The Balaban J connectivity index is 1.93. The van der Waals surface area contributed by atoms with Crippen LogP contribution < -0.4 is 0 Å². The fourth-order valence-electron chi connectivity index (χ4n) is 5.70. The van der Waals surface area contributed by atoms with E-state index >= 15 is 0 Å². The zero-order chi connectivity index (χ0) is 19.2. The van der Waals surface area contributed by atoms with E-state index < -0.39 is 0 Å². The molecular formula is C25H27NO. The molecule has 3 atom stereocenters. The van der Waals surface area contributed by atoms with E-state index in [1.54, 1.807) is 0 Å². The average molecular weight is 357 g/mol. The second-order valence-corrected chi connectivity index (χ2v) is 8.15. The van der Waals surface area contributed by atoms with Gasteiger partial charge in [-0.15, -0.1) is 12.8 Å². The van der Waals surface area contributed by atoms with Crippen molar-refractivity contribution >= 4 is 5.57 Å². The first-order valence-electron chi connectivity index (χ1n) is 9.87. The van der Waals surface area contributed by atoms with Crippen LogP contribution >= 0.6 is 0 Å². The van der Waals surface area contributed by atoms with Crippen molar-refractivity contribution in [2.45, 2.75) is 38.1 Å². The van der Waals surface area contributed by atoms with E-state index in [0.29, 0.717) is 12.5 Å². The van der Waals surface area contributed by atoms with E-state index in [2.05, 4.69) is 62.0 Å². The van der Waals surface area contributed by atoms with Crippen molar-refractivity contribution in [1.82, 2.24) is 4.90 Å². The lowest BCUT2D eigenvalue weighted by atomic mass is 9.67. The molecule has 138 valence electrons. The summed E-state index contributed by atoms with van der Waals surface area (Å²) in [5, 5.41) is 0. The Hall–Kier alpha value is -2.42. The van der Waals surface area contributed by atoms with Gasteiger partial charge in [-0.2, -0.15) is 0 Å². The number of allylic oxidation sites excluding steroid dienone is 1. The molecule has 0 aromatic heterocycles. The standard InChI is InChI=1S/C25H27NO/c1-6-18-13-19(7-2)15-20(14-18)21-16-24-12-10-9-11-22(24)25(21,26(4)5)17-23(24)27-8-3/h1-2,13-17,22H,8-12H2,3-5H3/t22-,24-,25-/m1/s1. The zero-order valence-corrected chi connectivity index (χ0v) is 16.5. The van der Waals surface area contributed by atoms with E-state index in [-0.39, 0.29) is 11.0 Å². The molecule has 2 nitrogen and oxygen atoms in total. The van der Waals surface area contributed by atoms with Crippen molar-refractivity contribution in [3.8, 4) is 24.7 Å². The molecule has 2 heteroatoms.